The Bertz CT molecular complexity index is 1660. The van der Waals surface area contributed by atoms with Crippen molar-refractivity contribution in [2.45, 2.75) is 13.0 Å². The number of aromatic nitrogens is 1. The second kappa shape index (κ2) is 9.84. The zero-order chi connectivity index (χ0) is 26.2. The zero-order valence-corrected chi connectivity index (χ0v) is 22.0. The van der Waals surface area contributed by atoms with Gasteiger partial charge in [0, 0.05) is 35.2 Å². The van der Waals surface area contributed by atoms with Gasteiger partial charge in [-0.3, -0.25) is 4.79 Å². The first-order chi connectivity index (χ1) is 18.6. The number of nitrogen functional groups attached to an aromatic ring is 1. The molecule has 0 saturated heterocycles. The van der Waals surface area contributed by atoms with Crippen molar-refractivity contribution >= 4 is 33.1 Å². The van der Waals surface area contributed by atoms with Gasteiger partial charge in [-0.2, -0.15) is 0 Å². The predicted molar refractivity (Wildman–Crippen MR) is 153 cm³/mol. The molecular formula is C31H27N3O3S. The molecule has 2 aromatic heterocycles. The van der Waals surface area contributed by atoms with E-state index < -0.39 is 0 Å². The number of fused-ring (bicyclic) bond motifs is 2. The van der Waals surface area contributed by atoms with Gasteiger partial charge in [-0.05, 0) is 41.8 Å². The van der Waals surface area contributed by atoms with E-state index in [4.69, 9.17) is 20.2 Å². The lowest BCUT2D eigenvalue weighted by atomic mass is 9.98. The van der Waals surface area contributed by atoms with Crippen LogP contribution in [0.3, 0.4) is 0 Å². The van der Waals surface area contributed by atoms with Crippen molar-refractivity contribution in [3.05, 3.63) is 94.9 Å². The number of thiophene rings is 1. The molecule has 0 saturated carbocycles. The number of hydrogen-bond donors (Lipinski definition) is 1. The highest BCUT2D eigenvalue weighted by Gasteiger charge is 2.28. The monoisotopic (exact) mass is 521 g/mol. The van der Waals surface area contributed by atoms with Crippen LogP contribution in [0.4, 0.5) is 5.69 Å². The molecule has 3 heterocycles. The molecule has 0 unspecified atom stereocenters. The molecule has 1 aliphatic heterocycles. The molecule has 2 N–H and O–H groups in total. The molecule has 0 bridgehead atoms. The fourth-order valence-electron chi connectivity index (χ4n) is 5.09. The summed E-state index contributed by atoms with van der Waals surface area (Å²) < 4.78 is 11.3. The van der Waals surface area contributed by atoms with Crippen LogP contribution in [0.25, 0.3) is 32.6 Å². The molecule has 190 valence electrons. The van der Waals surface area contributed by atoms with Gasteiger partial charge < -0.3 is 20.1 Å². The Labute approximate surface area is 225 Å². The minimum absolute atomic E-state index is 0.0650. The number of amides is 1. The molecule has 3 aromatic carbocycles. The first-order valence-corrected chi connectivity index (χ1v) is 13.3. The Morgan fingerprint density at radius 3 is 2.45 bits per heavy atom. The number of ether oxygens (including phenoxy) is 2. The molecular weight excluding hydrogens is 494 g/mol. The number of hydrogen-bond acceptors (Lipinski definition) is 6. The number of rotatable bonds is 5. The molecule has 38 heavy (non-hydrogen) atoms. The first-order valence-electron chi connectivity index (χ1n) is 12.4. The lowest BCUT2D eigenvalue weighted by molar-refractivity contribution is 0.0740. The van der Waals surface area contributed by atoms with Crippen molar-refractivity contribution in [2.75, 3.05) is 26.5 Å². The summed E-state index contributed by atoms with van der Waals surface area (Å²) in [7, 11) is 3.28. The average molecular weight is 522 g/mol. The minimum atomic E-state index is -0.0650. The number of carbonyl (C=O) groups is 1. The van der Waals surface area contributed by atoms with Crippen molar-refractivity contribution in [1.29, 1.82) is 0 Å². The van der Waals surface area contributed by atoms with E-state index >= 15 is 0 Å². The lowest BCUT2D eigenvalue weighted by Gasteiger charge is -2.28. The minimum Gasteiger partial charge on any atom is -0.497 e. The van der Waals surface area contributed by atoms with Gasteiger partial charge in [0.15, 0.2) is 0 Å². The fourth-order valence-corrected chi connectivity index (χ4v) is 6.17. The number of nitrogens with two attached hydrogens (primary N) is 1. The van der Waals surface area contributed by atoms with E-state index in [2.05, 4.69) is 12.1 Å². The summed E-state index contributed by atoms with van der Waals surface area (Å²) in [6.45, 7) is 1.23. The van der Waals surface area contributed by atoms with Gasteiger partial charge in [-0.25, -0.2) is 4.98 Å². The molecule has 0 atom stereocenters. The summed E-state index contributed by atoms with van der Waals surface area (Å²) in [5.74, 6) is 1.32. The van der Waals surface area contributed by atoms with E-state index in [9.17, 15) is 4.79 Å². The zero-order valence-electron chi connectivity index (χ0n) is 21.2. The van der Waals surface area contributed by atoms with E-state index in [1.807, 2.05) is 71.6 Å². The normalized spacial score (nSPS) is 12.8. The number of anilines is 1. The molecule has 7 heteroatoms. The molecule has 0 fully saturated rings. The summed E-state index contributed by atoms with van der Waals surface area (Å²) in [6, 6.07) is 26.0. The van der Waals surface area contributed by atoms with Crippen molar-refractivity contribution < 1.29 is 14.3 Å². The van der Waals surface area contributed by atoms with Crippen LogP contribution in [0, 0.1) is 0 Å². The molecule has 1 aliphatic rings. The maximum atomic E-state index is 13.8. The topological polar surface area (TPSA) is 77.7 Å². The van der Waals surface area contributed by atoms with E-state index in [0.29, 0.717) is 40.0 Å². The quantitative estimate of drug-likeness (QED) is 0.288. The van der Waals surface area contributed by atoms with Gasteiger partial charge in [0.25, 0.3) is 5.91 Å². The van der Waals surface area contributed by atoms with Crippen LogP contribution in [0.1, 0.15) is 20.8 Å². The molecule has 0 spiro atoms. The van der Waals surface area contributed by atoms with Crippen molar-refractivity contribution in [3.8, 4) is 33.9 Å². The molecule has 0 radical (unpaired) electrons. The van der Waals surface area contributed by atoms with Gasteiger partial charge >= 0.3 is 0 Å². The van der Waals surface area contributed by atoms with Crippen LogP contribution < -0.4 is 15.2 Å². The highest BCUT2D eigenvalue weighted by Crippen LogP contribution is 2.45. The van der Waals surface area contributed by atoms with E-state index in [1.165, 1.54) is 22.5 Å². The highest BCUT2D eigenvalue weighted by molar-refractivity contribution is 7.21. The predicted octanol–water partition coefficient (Wildman–Crippen LogP) is 6.43. The van der Waals surface area contributed by atoms with E-state index in [-0.39, 0.29) is 5.91 Å². The van der Waals surface area contributed by atoms with Crippen LogP contribution in [0.5, 0.6) is 11.5 Å². The number of pyridine rings is 1. The SMILES string of the molecule is COc1ccc(OC)c(-c2cc(-c3ccccc3)nc3sc(C(=O)N4CCc5ccccc5C4)c(N)c23)c1. The van der Waals surface area contributed by atoms with Crippen LogP contribution in [0.15, 0.2) is 78.9 Å². The number of nitrogens with zero attached hydrogens (tertiary/aromatic N) is 2. The number of methoxy groups -OCH3 is 2. The third kappa shape index (κ3) is 4.15. The highest BCUT2D eigenvalue weighted by atomic mass is 32.1. The van der Waals surface area contributed by atoms with E-state index in [1.54, 1.807) is 14.2 Å². The third-order valence-electron chi connectivity index (χ3n) is 7.08. The van der Waals surface area contributed by atoms with Crippen LogP contribution in [-0.2, 0) is 13.0 Å². The Hall–Kier alpha value is -4.36. The van der Waals surface area contributed by atoms with Gasteiger partial charge in [0.05, 0.1) is 25.6 Å². The summed E-state index contributed by atoms with van der Waals surface area (Å²) >= 11 is 1.35. The maximum Gasteiger partial charge on any atom is 0.266 e. The largest absolute Gasteiger partial charge is 0.497 e. The van der Waals surface area contributed by atoms with Gasteiger partial charge in [-0.15, -0.1) is 11.3 Å². The summed E-state index contributed by atoms with van der Waals surface area (Å²) in [5, 5.41) is 0.752. The molecule has 6 nitrogen and oxygen atoms in total. The molecule has 5 aromatic rings. The fraction of sp³-hybridized carbons (Fsp3) is 0.161. The Balaban J connectivity index is 1.53. The van der Waals surface area contributed by atoms with Gasteiger partial charge in [0.1, 0.15) is 21.2 Å². The Morgan fingerprint density at radius 2 is 1.68 bits per heavy atom. The standard InChI is InChI=1S/C31H27N3O3S/c1-36-22-12-13-26(37-2)23(16-22)24-17-25(20-9-4-3-5-10-20)33-30-27(24)28(32)29(38-30)31(35)34-15-14-19-8-6-7-11-21(19)18-34/h3-13,16-17H,14-15,18,32H2,1-2H3. The van der Waals surface area contributed by atoms with Crippen LogP contribution >= 0.6 is 11.3 Å². The second-order valence-corrected chi connectivity index (χ2v) is 10.3. The third-order valence-corrected chi connectivity index (χ3v) is 8.16. The Kier molecular flexibility index (Phi) is 6.21. The van der Waals surface area contributed by atoms with Crippen LogP contribution in [0.2, 0.25) is 0 Å². The summed E-state index contributed by atoms with van der Waals surface area (Å²) in [6.07, 6.45) is 0.829. The van der Waals surface area contributed by atoms with Gasteiger partial charge in [-0.1, -0.05) is 54.6 Å². The smallest absolute Gasteiger partial charge is 0.266 e. The summed E-state index contributed by atoms with van der Waals surface area (Å²) in [4.78, 5) is 21.9. The van der Waals surface area contributed by atoms with Gasteiger partial charge in [0.2, 0.25) is 0 Å². The first kappa shape index (κ1) is 24.0. The summed E-state index contributed by atoms with van der Waals surface area (Å²) in [5.41, 5.74) is 13.1. The van der Waals surface area contributed by atoms with Crippen molar-refractivity contribution in [3.63, 3.8) is 0 Å². The number of carbonyl (C=O) groups excluding carboxylic acids is 1. The molecule has 1 amide bonds. The molecule has 6 rings (SSSR count). The van der Waals surface area contributed by atoms with Crippen molar-refractivity contribution in [2.24, 2.45) is 0 Å². The number of benzene rings is 3. The maximum absolute atomic E-state index is 13.8. The second-order valence-electron chi connectivity index (χ2n) is 9.26. The lowest BCUT2D eigenvalue weighted by Crippen LogP contribution is -2.35. The van der Waals surface area contributed by atoms with E-state index in [0.717, 1.165) is 34.2 Å². The Morgan fingerprint density at radius 1 is 0.921 bits per heavy atom. The van der Waals surface area contributed by atoms with Crippen LogP contribution in [-0.4, -0.2) is 36.6 Å². The average Bonchev–Trinajstić information content (AvgIpc) is 3.32. The molecule has 0 aliphatic carbocycles. The van der Waals surface area contributed by atoms with Crippen molar-refractivity contribution in [1.82, 2.24) is 9.88 Å².